The number of methoxy groups -OCH3 is 1. The Balaban J connectivity index is 2.10. The van der Waals surface area contributed by atoms with E-state index in [1.165, 1.54) is 0 Å². The van der Waals surface area contributed by atoms with E-state index in [0.717, 1.165) is 16.7 Å². The van der Waals surface area contributed by atoms with Crippen molar-refractivity contribution in [1.82, 2.24) is 4.98 Å². The highest BCUT2D eigenvalue weighted by Crippen LogP contribution is 2.36. The summed E-state index contributed by atoms with van der Waals surface area (Å²) in [5.74, 6) is -0.456. The summed E-state index contributed by atoms with van der Waals surface area (Å²) in [5.41, 5.74) is 8.96. The molecule has 0 saturated heterocycles. The van der Waals surface area contributed by atoms with Crippen molar-refractivity contribution in [1.29, 1.82) is 0 Å². The number of amides is 1. The van der Waals surface area contributed by atoms with E-state index in [1.54, 1.807) is 31.6 Å². The standard InChI is InChI=1S/C20H17ClN2O2/c1-25-18-12-14(6-7-15(18)13-8-10-23-11-9-13)19(20(22)24)16-4-2-3-5-17(16)21/h2-12,19H,1H3,(H2,22,24). The fourth-order valence-corrected chi connectivity index (χ4v) is 3.11. The number of ether oxygens (including phenoxy) is 1. The van der Waals surface area contributed by atoms with Crippen LogP contribution in [0.15, 0.2) is 67.0 Å². The molecule has 1 atom stereocenters. The molecule has 2 aromatic carbocycles. The van der Waals surface area contributed by atoms with Crippen LogP contribution in [0.5, 0.6) is 5.75 Å². The summed E-state index contributed by atoms with van der Waals surface area (Å²) in [5, 5.41) is 0.503. The largest absolute Gasteiger partial charge is 0.496 e. The van der Waals surface area contributed by atoms with Gasteiger partial charge in [-0.1, -0.05) is 41.9 Å². The van der Waals surface area contributed by atoms with E-state index in [0.29, 0.717) is 16.3 Å². The molecule has 126 valence electrons. The topological polar surface area (TPSA) is 65.2 Å². The molecular weight excluding hydrogens is 336 g/mol. The van der Waals surface area contributed by atoms with Crippen molar-refractivity contribution in [3.05, 3.63) is 83.1 Å². The van der Waals surface area contributed by atoms with E-state index in [1.807, 2.05) is 42.5 Å². The van der Waals surface area contributed by atoms with Gasteiger partial charge in [-0.2, -0.15) is 0 Å². The van der Waals surface area contributed by atoms with Gasteiger partial charge >= 0.3 is 0 Å². The molecule has 5 heteroatoms. The van der Waals surface area contributed by atoms with Gasteiger partial charge in [0.15, 0.2) is 0 Å². The van der Waals surface area contributed by atoms with E-state index in [4.69, 9.17) is 22.1 Å². The maximum Gasteiger partial charge on any atom is 0.229 e. The molecule has 0 spiro atoms. The van der Waals surface area contributed by atoms with Crippen LogP contribution in [0.2, 0.25) is 5.02 Å². The average molecular weight is 353 g/mol. The molecule has 1 heterocycles. The predicted molar refractivity (Wildman–Crippen MR) is 98.7 cm³/mol. The smallest absolute Gasteiger partial charge is 0.229 e. The number of aromatic nitrogens is 1. The van der Waals surface area contributed by atoms with Crippen LogP contribution >= 0.6 is 11.6 Å². The molecule has 1 unspecified atom stereocenters. The zero-order valence-corrected chi connectivity index (χ0v) is 14.4. The molecule has 0 radical (unpaired) electrons. The Hall–Kier alpha value is -2.85. The number of halogens is 1. The Kier molecular flexibility index (Phi) is 5.00. The number of primary amides is 1. The van der Waals surface area contributed by atoms with Gasteiger partial charge in [-0.05, 0) is 41.0 Å². The molecule has 0 aliphatic heterocycles. The summed E-state index contributed by atoms with van der Waals surface area (Å²) < 4.78 is 5.53. The highest BCUT2D eigenvalue weighted by atomic mass is 35.5. The number of nitrogens with two attached hydrogens (primary N) is 1. The van der Waals surface area contributed by atoms with Crippen molar-refractivity contribution >= 4 is 17.5 Å². The molecule has 0 aliphatic rings. The second kappa shape index (κ2) is 7.36. The first-order valence-corrected chi connectivity index (χ1v) is 8.11. The van der Waals surface area contributed by atoms with Gasteiger partial charge < -0.3 is 10.5 Å². The first-order chi connectivity index (χ1) is 12.1. The number of hydrogen-bond donors (Lipinski definition) is 1. The lowest BCUT2D eigenvalue weighted by molar-refractivity contribution is -0.118. The van der Waals surface area contributed by atoms with Crippen LogP contribution < -0.4 is 10.5 Å². The van der Waals surface area contributed by atoms with E-state index in [9.17, 15) is 4.79 Å². The van der Waals surface area contributed by atoms with Gasteiger partial charge in [-0.3, -0.25) is 9.78 Å². The van der Waals surface area contributed by atoms with Crippen molar-refractivity contribution in [2.24, 2.45) is 5.73 Å². The normalized spacial score (nSPS) is 11.8. The van der Waals surface area contributed by atoms with E-state index in [2.05, 4.69) is 4.98 Å². The van der Waals surface area contributed by atoms with Crippen molar-refractivity contribution < 1.29 is 9.53 Å². The molecule has 3 aromatic rings. The number of rotatable bonds is 5. The molecule has 25 heavy (non-hydrogen) atoms. The Morgan fingerprint density at radius 3 is 2.48 bits per heavy atom. The van der Waals surface area contributed by atoms with E-state index >= 15 is 0 Å². The summed E-state index contributed by atoms with van der Waals surface area (Å²) in [6.45, 7) is 0. The number of pyridine rings is 1. The Labute approximate surface area is 151 Å². The van der Waals surface area contributed by atoms with Crippen LogP contribution in [-0.4, -0.2) is 18.0 Å². The third-order valence-corrected chi connectivity index (χ3v) is 4.40. The zero-order valence-electron chi connectivity index (χ0n) is 13.6. The molecule has 4 nitrogen and oxygen atoms in total. The average Bonchev–Trinajstić information content (AvgIpc) is 2.64. The number of benzene rings is 2. The highest BCUT2D eigenvalue weighted by molar-refractivity contribution is 6.31. The van der Waals surface area contributed by atoms with Crippen molar-refractivity contribution in [3.8, 4) is 16.9 Å². The fourth-order valence-electron chi connectivity index (χ4n) is 2.86. The maximum atomic E-state index is 12.1. The van der Waals surface area contributed by atoms with Gasteiger partial charge in [0.05, 0.1) is 13.0 Å². The minimum atomic E-state index is -0.644. The molecule has 0 saturated carbocycles. The molecule has 0 fully saturated rings. The quantitative estimate of drug-likeness (QED) is 0.754. The molecule has 0 bridgehead atoms. The van der Waals surface area contributed by atoms with Gasteiger partial charge in [0.25, 0.3) is 0 Å². The zero-order chi connectivity index (χ0) is 17.8. The predicted octanol–water partition coefficient (Wildman–Crippen LogP) is 4.03. The maximum absolute atomic E-state index is 12.1. The number of carbonyl (C=O) groups excluding carboxylic acids is 1. The monoisotopic (exact) mass is 352 g/mol. The summed E-state index contributed by atoms with van der Waals surface area (Å²) in [4.78, 5) is 16.1. The van der Waals surface area contributed by atoms with Gasteiger partial charge in [0, 0.05) is 23.0 Å². The molecular formula is C20H17ClN2O2. The van der Waals surface area contributed by atoms with Gasteiger partial charge in [-0.25, -0.2) is 0 Å². The summed E-state index contributed by atoms with van der Waals surface area (Å²) in [7, 11) is 1.60. The number of nitrogens with zero attached hydrogens (tertiary/aromatic N) is 1. The first kappa shape index (κ1) is 17.0. The van der Waals surface area contributed by atoms with Crippen LogP contribution in [-0.2, 0) is 4.79 Å². The lowest BCUT2D eigenvalue weighted by Gasteiger charge is -2.18. The second-order valence-electron chi connectivity index (χ2n) is 5.55. The summed E-state index contributed by atoms with van der Waals surface area (Å²) in [6.07, 6.45) is 3.44. The third kappa shape index (κ3) is 3.49. The summed E-state index contributed by atoms with van der Waals surface area (Å²) >= 11 is 6.27. The van der Waals surface area contributed by atoms with Crippen molar-refractivity contribution in [2.75, 3.05) is 7.11 Å². The minimum absolute atomic E-state index is 0.466. The first-order valence-electron chi connectivity index (χ1n) is 7.74. The minimum Gasteiger partial charge on any atom is -0.496 e. The van der Waals surface area contributed by atoms with Crippen LogP contribution in [0, 0.1) is 0 Å². The van der Waals surface area contributed by atoms with Crippen LogP contribution in [0.3, 0.4) is 0 Å². The number of hydrogen-bond acceptors (Lipinski definition) is 3. The highest BCUT2D eigenvalue weighted by Gasteiger charge is 2.23. The Morgan fingerprint density at radius 2 is 1.84 bits per heavy atom. The van der Waals surface area contributed by atoms with Gasteiger partial charge in [0.2, 0.25) is 5.91 Å². The van der Waals surface area contributed by atoms with Gasteiger partial charge in [-0.15, -0.1) is 0 Å². The fraction of sp³-hybridized carbons (Fsp3) is 0.100. The van der Waals surface area contributed by atoms with Crippen molar-refractivity contribution in [2.45, 2.75) is 5.92 Å². The lowest BCUT2D eigenvalue weighted by Crippen LogP contribution is -2.22. The molecule has 3 rings (SSSR count). The van der Waals surface area contributed by atoms with Crippen LogP contribution in [0.4, 0.5) is 0 Å². The van der Waals surface area contributed by atoms with E-state index < -0.39 is 11.8 Å². The Bertz CT molecular complexity index is 897. The van der Waals surface area contributed by atoms with E-state index in [-0.39, 0.29) is 0 Å². The molecule has 0 aliphatic carbocycles. The third-order valence-electron chi connectivity index (χ3n) is 4.05. The van der Waals surface area contributed by atoms with Crippen LogP contribution in [0.25, 0.3) is 11.1 Å². The SMILES string of the molecule is COc1cc(C(C(N)=O)c2ccccc2Cl)ccc1-c1ccncc1. The Morgan fingerprint density at radius 1 is 1.12 bits per heavy atom. The van der Waals surface area contributed by atoms with Gasteiger partial charge in [0.1, 0.15) is 5.75 Å². The number of carbonyl (C=O) groups is 1. The molecule has 2 N–H and O–H groups in total. The molecule has 1 aromatic heterocycles. The molecule has 1 amide bonds. The summed E-state index contributed by atoms with van der Waals surface area (Å²) in [6, 6.07) is 16.6. The van der Waals surface area contributed by atoms with Crippen LogP contribution in [0.1, 0.15) is 17.0 Å². The van der Waals surface area contributed by atoms with Crippen molar-refractivity contribution in [3.63, 3.8) is 0 Å². The second-order valence-corrected chi connectivity index (χ2v) is 5.96. The lowest BCUT2D eigenvalue weighted by atomic mass is 9.89.